The molecule has 2 N–H and O–H groups in total. The molecule has 3 rings (SSSR count). The second-order valence-electron chi connectivity index (χ2n) is 8.31. The maximum absolute atomic E-state index is 13.0. The molecule has 0 aromatic heterocycles. The Labute approximate surface area is 165 Å². The van der Waals surface area contributed by atoms with Gasteiger partial charge in [-0.25, -0.2) is 0 Å². The van der Waals surface area contributed by atoms with Gasteiger partial charge in [-0.1, -0.05) is 20.3 Å². The molecule has 0 amide bonds. The molecule has 2 aliphatic rings. The Morgan fingerprint density at radius 3 is 2.57 bits per heavy atom. The van der Waals surface area contributed by atoms with Gasteiger partial charge >= 0.3 is 5.97 Å². The predicted molar refractivity (Wildman–Crippen MR) is 105 cm³/mol. The van der Waals surface area contributed by atoms with Crippen LogP contribution in [0.2, 0.25) is 0 Å². The Bertz CT molecular complexity index is 851. The molecule has 0 saturated heterocycles. The van der Waals surface area contributed by atoms with E-state index in [1.54, 1.807) is 13.0 Å². The van der Waals surface area contributed by atoms with Crippen LogP contribution in [0.4, 0.5) is 0 Å². The average molecular weight is 388 g/mol. The van der Waals surface area contributed by atoms with Gasteiger partial charge in [-0.15, -0.1) is 0 Å². The summed E-state index contributed by atoms with van der Waals surface area (Å²) in [6.07, 6.45) is 4.45. The van der Waals surface area contributed by atoms with Crippen molar-refractivity contribution in [2.45, 2.75) is 71.5 Å². The van der Waals surface area contributed by atoms with Gasteiger partial charge < -0.3 is 19.7 Å². The largest absolute Gasteiger partial charge is 0.506 e. The molecule has 1 aromatic rings. The predicted octanol–water partition coefficient (Wildman–Crippen LogP) is 4.53. The number of rotatable bonds is 5. The second-order valence-corrected chi connectivity index (χ2v) is 8.31. The summed E-state index contributed by atoms with van der Waals surface area (Å²) < 4.78 is 12.3. The minimum absolute atomic E-state index is 0.105. The number of ether oxygens (including phenoxy) is 2. The van der Waals surface area contributed by atoms with E-state index in [0.717, 1.165) is 6.42 Å². The zero-order chi connectivity index (χ0) is 20.8. The molecule has 3 atom stereocenters. The van der Waals surface area contributed by atoms with Crippen LogP contribution in [-0.4, -0.2) is 33.7 Å². The van der Waals surface area contributed by atoms with E-state index in [-0.39, 0.29) is 41.3 Å². The van der Waals surface area contributed by atoms with E-state index in [1.165, 1.54) is 0 Å². The first-order valence-electron chi connectivity index (χ1n) is 9.81. The smallest absolute Gasteiger partial charge is 0.303 e. The summed E-state index contributed by atoms with van der Waals surface area (Å²) in [6.45, 7) is 9.33. The van der Waals surface area contributed by atoms with Gasteiger partial charge in [0.1, 0.15) is 34.5 Å². The Kier molecular flexibility index (Phi) is 5.17. The molecule has 0 aliphatic carbocycles. The standard InChI is InChI=1S/C22H28O6/c1-6-7-13(10-15(23)24)16-20-14(8-9-22(4,5)28-20)19(26)17-18(25)11(2)12(3)27-21(16)17/h8-9,11-13,26H,6-7,10H2,1-5H3,(H,23,24)/t11-,12+,13?/m0/s1. The number of aliphatic carboxylic acids is 1. The normalized spacial score (nSPS) is 23.2. The fraction of sp³-hybridized carbons (Fsp3) is 0.545. The lowest BCUT2D eigenvalue weighted by Gasteiger charge is -2.37. The average Bonchev–Trinajstić information content (AvgIpc) is 2.58. The Balaban J connectivity index is 2.34. The zero-order valence-electron chi connectivity index (χ0n) is 17.0. The minimum atomic E-state index is -0.928. The number of carbonyl (C=O) groups is 2. The van der Waals surface area contributed by atoms with Gasteiger partial charge in [0.25, 0.3) is 0 Å². The topological polar surface area (TPSA) is 93.1 Å². The van der Waals surface area contributed by atoms with Crippen LogP contribution in [0, 0.1) is 5.92 Å². The molecule has 2 heterocycles. The molecular weight excluding hydrogens is 360 g/mol. The first-order valence-corrected chi connectivity index (χ1v) is 9.81. The van der Waals surface area contributed by atoms with Crippen molar-refractivity contribution in [1.29, 1.82) is 0 Å². The highest BCUT2D eigenvalue weighted by Gasteiger charge is 2.41. The molecule has 1 aromatic carbocycles. The lowest BCUT2D eigenvalue weighted by atomic mass is 9.81. The molecule has 1 unspecified atom stereocenters. The number of aromatic hydroxyl groups is 1. The first kappa shape index (κ1) is 20.2. The number of phenols is 1. The van der Waals surface area contributed by atoms with E-state index in [4.69, 9.17) is 9.47 Å². The summed E-state index contributed by atoms with van der Waals surface area (Å²) in [5.41, 5.74) is 0.508. The maximum Gasteiger partial charge on any atom is 0.303 e. The highest BCUT2D eigenvalue weighted by atomic mass is 16.5. The van der Waals surface area contributed by atoms with Gasteiger partial charge in [0.2, 0.25) is 0 Å². The zero-order valence-corrected chi connectivity index (χ0v) is 17.0. The fourth-order valence-electron chi connectivity index (χ4n) is 3.94. The van der Waals surface area contributed by atoms with Gasteiger partial charge in [0.15, 0.2) is 5.78 Å². The number of carboxylic acids is 1. The molecule has 0 spiro atoms. The van der Waals surface area contributed by atoms with Crippen molar-refractivity contribution < 1.29 is 29.3 Å². The number of fused-ring (bicyclic) bond motifs is 2. The van der Waals surface area contributed by atoms with Crippen molar-refractivity contribution in [1.82, 2.24) is 0 Å². The number of phenolic OH excluding ortho intramolecular Hbond substituents is 1. The van der Waals surface area contributed by atoms with E-state index in [2.05, 4.69) is 0 Å². The summed E-state index contributed by atoms with van der Waals surface area (Å²) in [4.78, 5) is 24.6. The SMILES string of the molecule is CCCC(CC(=O)O)c1c2c(c(O)c3c1O[C@H](C)[C@H](C)C3=O)C=CC(C)(C)O2. The van der Waals surface area contributed by atoms with Gasteiger partial charge in [0.05, 0.1) is 17.9 Å². The number of hydrogen-bond donors (Lipinski definition) is 2. The van der Waals surface area contributed by atoms with Gasteiger partial charge in [-0.05, 0) is 39.3 Å². The number of hydrogen-bond acceptors (Lipinski definition) is 5. The molecule has 0 saturated carbocycles. The lowest BCUT2D eigenvalue weighted by molar-refractivity contribution is -0.137. The van der Waals surface area contributed by atoms with Crippen LogP contribution in [0.15, 0.2) is 6.08 Å². The summed E-state index contributed by atoms with van der Waals surface area (Å²) in [5.74, 6) is -1.38. The monoisotopic (exact) mass is 388 g/mol. The van der Waals surface area contributed by atoms with Gasteiger partial charge in [-0.2, -0.15) is 0 Å². The molecule has 2 aliphatic heterocycles. The van der Waals surface area contributed by atoms with Crippen molar-refractivity contribution in [3.63, 3.8) is 0 Å². The van der Waals surface area contributed by atoms with E-state index in [9.17, 15) is 19.8 Å². The number of Topliss-reactive ketones (excluding diaryl/α,β-unsaturated/α-hetero) is 1. The fourth-order valence-corrected chi connectivity index (χ4v) is 3.94. The molecular formula is C22H28O6. The van der Waals surface area contributed by atoms with Crippen molar-refractivity contribution in [3.8, 4) is 17.2 Å². The van der Waals surface area contributed by atoms with Crippen LogP contribution in [0.3, 0.4) is 0 Å². The third kappa shape index (κ3) is 3.36. The van der Waals surface area contributed by atoms with Crippen molar-refractivity contribution in [2.75, 3.05) is 0 Å². The number of benzene rings is 1. The van der Waals surface area contributed by atoms with Gasteiger partial charge in [-0.3, -0.25) is 9.59 Å². The van der Waals surface area contributed by atoms with Crippen LogP contribution >= 0.6 is 0 Å². The van der Waals surface area contributed by atoms with E-state index < -0.39 is 17.5 Å². The Hall–Kier alpha value is -2.50. The third-order valence-corrected chi connectivity index (χ3v) is 5.60. The summed E-state index contributed by atoms with van der Waals surface area (Å²) in [6, 6.07) is 0. The van der Waals surface area contributed by atoms with Crippen LogP contribution in [0.5, 0.6) is 17.2 Å². The highest BCUT2D eigenvalue weighted by Crippen LogP contribution is 2.53. The van der Waals surface area contributed by atoms with E-state index in [1.807, 2.05) is 33.8 Å². The van der Waals surface area contributed by atoms with E-state index >= 15 is 0 Å². The third-order valence-electron chi connectivity index (χ3n) is 5.60. The number of ketones is 1. The maximum atomic E-state index is 13.0. The molecule has 28 heavy (non-hydrogen) atoms. The molecule has 0 fully saturated rings. The minimum Gasteiger partial charge on any atom is -0.506 e. The molecule has 0 radical (unpaired) electrons. The van der Waals surface area contributed by atoms with Crippen molar-refractivity contribution in [2.24, 2.45) is 5.92 Å². The van der Waals surface area contributed by atoms with Crippen molar-refractivity contribution >= 4 is 17.8 Å². The van der Waals surface area contributed by atoms with Crippen molar-refractivity contribution in [3.05, 3.63) is 22.8 Å². The van der Waals surface area contributed by atoms with Crippen LogP contribution < -0.4 is 9.47 Å². The second kappa shape index (κ2) is 7.15. The lowest BCUT2D eigenvalue weighted by Crippen LogP contribution is -2.36. The van der Waals surface area contributed by atoms with Gasteiger partial charge in [0, 0.05) is 11.5 Å². The number of carboxylic acid groups (broad SMARTS) is 1. The summed E-state index contributed by atoms with van der Waals surface area (Å²) in [7, 11) is 0. The van der Waals surface area contributed by atoms with Crippen LogP contribution in [-0.2, 0) is 4.79 Å². The summed E-state index contributed by atoms with van der Waals surface area (Å²) >= 11 is 0. The first-order chi connectivity index (χ1) is 13.1. The molecule has 6 heteroatoms. The Morgan fingerprint density at radius 1 is 1.29 bits per heavy atom. The van der Waals surface area contributed by atoms with E-state index in [0.29, 0.717) is 23.3 Å². The summed E-state index contributed by atoms with van der Waals surface area (Å²) in [5, 5.41) is 20.4. The highest BCUT2D eigenvalue weighted by molar-refractivity contribution is 6.06. The molecule has 0 bridgehead atoms. The molecule has 6 nitrogen and oxygen atoms in total. The number of carbonyl (C=O) groups excluding carboxylic acids is 1. The van der Waals surface area contributed by atoms with Crippen LogP contribution in [0.1, 0.15) is 81.3 Å². The Morgan fingerprint density at radius 2 is 1.96 bits per heavy atom. The molecule has 152 valence electrons. The quantitative estimate of drug-likeness (QED) is 0.769. The van der Waals surface area contributed by atoms with Crippen LogP contribution in [0.25, 0.3) is 6.08 Å².